The summed E-state index contributed by atoms with van der Waals surface area (Å²) >= 11 is 0. The third-order valence-electron chi connectivity index (χ3n) is 6.55. The summed E-state index contributed by atoms with van der Waals surface area (Å²) in [5, 5.41) is 9.10. The predicted octanol–water partition coefficient (Wildman–Crippen LogP) is 3.56. The first-order valence-corrected chi connectivity index (χ1v) is 15.5. The molecule has 39 heavy (non-hydrogen) atoms. The van der Waals surface area contributed by atoms with Crippen molar-refractivity contribution >= 4 is 27.8 Å². The second kappa shape index (κ2) is 16.7. The van der Waals surface area contributed by atoms with Gasteiger partial charge in [0.15, 0.2) is 9.84 Å². The number of unbranched alkanes of at least 4 members (excludes halogenated alkanes) is 1. The Labute approximate surface area is 234 Å². The van der Waals surface area contributed by atoms with Gasteiger partial charge in [-0.05, 0) is 55.7 Å². The number of hydrogen-bond acceptors (Lipinski definition) is 8. The summed E-state index contributed by atoms with van der Waals surface area (Å²) in [6, 6.07) is 7.47. The van der Waals surface area contributed by atoms with Crippen LogP contribution >= 0.6 is 0 Å². The van der Waals surface area contributed by atoms with Crippen LogP contribution in [0.3, 0.4) is 0 Å². The van der Waals surface area contributed by atoms with E-state index in [2.05, 4.69) is 17.8 Å². The minimum Gasteiger partial charge on any atom is -0.463 e. The molecule has 0 aliphatic heterocycles. The van der Waals surface area contributed by atoms with E-state index in [-0.39, 0.29) is 30.6 Å². The smallest absolute Gasteiger partial charge is 0.333 e. The normalized spacial score (nSPS) is 14.1. The fourth-order valence-electron chi connectivity index (χ4n) is 4.56. The number of nitrogens with one attached hydrogen (secondary N) is 2. The lowest BCUT2D eigenvalue weighted by atomic mass is 9.74. The van der Waals surface area contributed by atoms with Crippen molar-refractivity contribution in [3.8, 4) is 0 Å². The number of carbonyl (C=O) groups is 2. The number of amides is 1. The van der Waals surface area contributed by atoms with Crippen molar-refractivity contribution in [3.05, 3.63) is 41.0 Å². The van der Waals surface area contributed by atoms with Crippen LogP contribution in [0.5, 0.6) is 0 Å². The average Bonchev–Trinajstić information content (AvgIpc) is 2.85. The molecule has 0 bridgehead atoms. The Morgan fingerprint density at radius 3 is 2.46 bits per heavy atom. The molecule has 1 aromatic rings. The van der Waals surface area contributed by atoms with E-state index >= 15 is 0 Å². The van der Waals surface area contributed by atoms with Gasteiger partial charge >= 0.3 is 5.97 Å². The van der Waals surface area contributed by atoms with Crippen molar-refractivity contribution in [2.75, 3.05) is 45.0 Å². The number of sulfone groups is 1. The minimum absolute atomic E-state index is 0.0450. The van der Waals surface area contributed by atoms with Gasteiger partial charge < -0.3 is 14.6 Å². The molecule has 0 radical (unpaired) electrons. The molecule has 0 heterocycles. The molecule has 0 spiro atoms. The zero-order valence-corrected chi connectivity index (χ0v) is 25.3. The Balaban J connectivity index is 3.41. The number of aliphatic hydroxyl groups excluding tert-OH is 1. The Bertz CT molecular complexity index is 1050. The van der Waals surface area contributed by atoms with E-state index in [1.165, 1.54) is 0 Å². The van der Waals surface area contributed by atoms with Gasteiger partial charge in [0, 0.05) is 19.2 Å². The van der Waals surface area contributed by atoms with Crippen LogP contribution in [0.4, 0.5) is 0 Å². The average molecular weight is 569 g/mol. The monoisotopic (exact) mass is 568 g/mol. The standard InChI is InChI=1S/C29H48N2O7S/c1-7-9-17-37-21-29(27(34)31-30-6,15-11-14-28(4,5)22-39(35,36)18-16-32)25-13-10-12-24(20-25)19-23(3)26(33)38-8-2/h10,12-13,19-20,30,32H,7-9,11,14-18,21-22H2,1-6H3,(H,31,34)/b23-19+. The molecule has 0 saturated carbocycles. The SMILES string of the molecule is CCCCOCC(CCCC(C)(C)CS(=O)(=O)CCO)(C(=O)NNC)c1cccc(/C=C(\C)C(=O)OCC)c1. The quantitative estimate of drug-likeness (QED) is 0.0999. The van der Waals surface area contributed by atoms with Gasteiger partial charge in [-0.1, -0.05) is 57.9 Å². The zero-order valence-electron chi connectivity index (χ0n) is 24.5. The molecule has 9 nitrogen and oxygen atoms in total. The number of hydrogen-bond donors (Lipinski definition) is 3. The molecule has 0 saturated heterocycles. The molecule has 1 aromatic carbocycles. The first-order chi connectivity index (χ1) is 18.4. The van der Waals surface area contributed by atoms with Crippen molar-refractivity contribution in [2.45, 2.75) is 72.1 Å². The van der Waals surface area contributed by atoms with E-state index in [1.807, 2.05) is 38.1 Å². The predicted molar refractivity (Wildman–Crippen MR) is 155 cm³/mol. The molecule has 0 aliphatic rings. The molecule has 1 amide bonds. The number of ether oxygens (including phenoxy) is 2. The highest BCUT2D eigenvalue weighted by Crippen LogP contribution is 2.35. The fraction of sp³-hybridized carbons (Fsp3) is 0.655. The largest absolute Gasteiger partial charge is 0.463 e. The molecule has 1 rings (SSSR count). The molecule has 1 unspecified atom stereocenters. The van der Waals surface area contributed by atoms with Crippen molar-refractivity contribution in [1.29, 1.82) is 0 Å². The molecule has 0 fully saturated rings. The van der Waals surface area contributed by atoms with Crippen LogP contribution < -0.4 is 10.9 Å². The Kier molecular flexibility index (Phi) is 14.9. The Morgan fingerprint density at radius 1 is 1.13 bits per heavy atom. The summed E-state index contributed by atoms with van der Waals surface area (Å²) < 4.78 is 35.8. The van der Waals surface area contributed by atoms with Gasteiger partial charge in [0.2, 0.25) is 5.91 Å². The molecular weight excluding hydrogens is 520 g/mol. The maximum absolute atomic E-state index is 13.7. The van der Waals surface area contributed by atoms with Gasteiger partial charge in [0.1, 0.15) is 0 Å². The van der Waals surface area contributed by atoms with Crippen molar-refractivity contribution in [3.63, 3.8) is 0 Å². The second-order valence-electron chi connectivity index (χ2n) is 10.7. The Morgan fingerprint density at radius 2 is 1.85 bits per heavy atom. The number of hydrazine groups is 1. The van der Waals surface area contributed by atoms with Crippen LogP contribution in [-0.2, 0) is 34.3 Å². The molecule has 222 valence electrons. The van der Waals surface area contributed by atoms with E-state index < -0.39 is 33.2 Å². The number of esters is 1. The molecule has 1 atom stereocenters. The van der Waals surface area contributed by atoms with Crippen molar-refractivity contribution < 1.29 is 32.6 Å². The van der Waals surface area contributed by atoms with Gasteiger partial charge in [-0.2, -0.15) is 0 Å². The lowest BCUT2D eigenvalue weighted by Crippen LogP contribution is -2.51. The van der Waals surface area contributed by atoms with Gasteiger partial charge in [-0.3, -0.25) is 10.2 Å². The Hall–Kier alpha value is -2.27. The van der Waals surface area contributed by atoms with E-state index in [4.69, 9.17) is 14.6 Å². The van der Waals surface area contributed by atoms with Crippen LogP contribution in [0.1, 0.15) is 77.8 Å². The van der Waals surface area contributed by atoms with Gasteiger partial charge in [-0.15, -0.1) is 0 Å². The minimum atomic E-state index is -3.39. The highest BCUT2D eigenvalue weighted by molar-refractivity contribution is 7.91. The third kappa shape index (κ3) is 11.8. The van der Waals surface area contributed by atoms with Crippen LogP contribution in [0.2, 0.25) is 0 Å². The molecule has 0 aromatic heterocycles. The summed E-state index contributed by atoms with van der Waals surface area (Å²) in [6.45, 7) is 9.82. The van der Waals surface area contributed by atoms with Crippen LogP contribution in [-0.4, -0.2) is 70.4 Å². The number of aliphatic hydroxyl groups is 1. The maximum Gasteiger partial charge on any atom is 0.333 e. The van der Waals surface area contributed by atoms with E-state index in [1.54, 1.807) is 27.0 Å². The van der Waals surface area contributed by atoms with Crippen LogP contribution in [0, 0.1) is 5.41 Å². The van der Waals surface area contributed by atoms with E-state index in [9.17, 15) is 18.0 Å². The van der Waals surface area contributed by atoms with Gasteiger partial charge in [0.05, 0.1) is 36.7 Å². The van der Waals surface area contributed by atoms with E-state index in [0.717, 1.165) is 24.0 Å². The van der Waals surface area contributed by atoms with Crippen LogP contribution in [0.25, 0.3) is 6.08 Å². The van der Waals surface area contributed by atoms with Crippen molar-refractivity contribution in [1.82, 2.24) is 10.9 Å². The first-order valence-electron chi connectivity index (χ1n) is 13.7. The highest BCUT2D eigenvalue weighted by atomic mass is 32.2. The summed E-state index contributed by atoms with van der Waals surface area (Å²) in [5.74, 6) is -0.961. The zero-order chi connectivity index (χ0) is 29.5. The fourth-order valence-corrected chi connectivity index (χ4v) is 6.32. The second-order valence-corrected chi connectivity index (χ2v) is 12.9. The summed E-state index contributed by atoms with van der Waals surface area (Å²) in [6.07, 6.45) is 5.09. The van der Waals surface area contributed by atoms with Gasteiger partial charge in [-0.25, -0.2) is 18.6 Å². The molecule has 0 aliphatic carbocycles. The van der Waals surface area contributed by atoms with E-state index in [0.29, 0.717) is 31.4 Å². The third-order valence-corrected chi connectivity index (χ3v) is 8.58. The number of carbonyl (C=O) groups excluding carboxylic acids is 2. The molecule has 3 N–H and O–H groups in total. The van der Waals surface area contributed by atoms with Crippen molar-refractivity contribution in [2.24, 2.45) is 5.41 Å². The maximum atomic E-state index is 13.7. The van der Waals surface area contributed by atoms with Gasteiger partial charge in [0.25, 0.3) is 0 Å². The first kappa shape index (κ1) is 34.8. The lowest BCUT2D eigenvalue weighted by Gasteiger charge is -2.34. The molecular formula is C29H48N2O7S. The molecule has 10 heteroatoms. The number of rotatable bonds is 19. The lowest BCUT2D eigenvalue weighted by molar-refractivity contribution is -0.138. The van der Waals surface area contributed by atoms with Crippen LogP contribution in [0.15, 0.2) is 29.8 Å². The topological polar surface area (TPSA) is 131 Å². The highest BCUT2D eigenvalue weighted by Gasteiger charge is 2.41. The summed E-state index contributed by atoms with van der Waals surface area (Å²) in [7, 11) is -1.77. The number of benzene rings is 1. The summed E-state index contributed by atoms with van der Waals surface area (Å²) in [4.78, 5) is 25.8. The summed E-state index contributed by atoms with van der Waals surface area (Å²) in [5.41, 5.74) is 5.83.